The molecular formula is C51H81N5O31P4. The topological polar surface area (TPSA) is 479 Å². The highest BCUT2D eigenvalue weighted by molar-refractivity contribution is 7.50. The number of rotatable bonds is 27. The molecule has 4 fully saturated rings. The molecule has 3 aromatic heterocycles. The molecule has 4 aromatic rings. The van der Waals surface area contributed by atoms with Gasteiger partial charge in [-0.1, -0.05) is 24.3 Å². The van der Waals surface area contributed by atoms with Gasteiger partial charge < -0.3 is 82.4 Å². The van der Waals surface area contributed by atoms with Crippen LogP contribution in [0.2, 0.25) is 0 Å². The molecule has 4 saturated heterocycles. The highest BCUT2D eigenvalue weighted by atomic mass is 31.2. The summed E-state index contributed by atoms with van der Waals surface area (Å²) >= 11 is 0. The lowest BCUT2D eigenvalue weighted by atomic mass is 9.99. The monoisotopic (exact) mass is 1380 g/mol. The number of ether oxygens (including phenoxy) is 8. The van der Waals surface area contributed by atoms with Gasteiger partial charge in [0.1, 0.15) is 42.7 Å². The van der Waals surface area contributed by atoms with Crippen LogP contribution in [0.4, 0.5) is 0 Å². The van der Waals surface area contributed by atoms with E-state index in [1.807, 2.05) is 11.1 Å². The van der Waals surface area contributed by atoms with Crippen molar-refractivity contribution in [2.24, 2.45) is 23.7 Å². The molecule has 20 atom stereocenters. The van der Waals surface area contributed by atoms with Crippen molar-refractivity contribution in [2.45, 2.75) is 80.5 Å². The van der Waals surface area contributed by atoms with Crippen molar-refractivity contribution in [1.82, 2.24) is 23.8 Å². The van der Waals surface area contributed by atoms with Crippen LogP contribution < -0.4 is 27.5 Å². The Morgan fingerprint density at radius 2 is 0.934 bits per heavy atom. The number of phosphoric ester groups is 3. The minimum atomic E-state index is -4.34. The van der Waals surface area contributed by atoms with E-state index < -0.39 is 139 Å². The van der Waals surface area contributed by atoms with Crippen molar-refractivity contribution in [1.29, 1.82) is 0 Å². The fourth-order valence-corrected chi connectivity index (χ4v) is 12.9. The minimum absolute atomic E-state index is 0.131. The molecule has 7 heterocycles. The van der Waals surface area contributed by atoms with E-state index in [0.29, 0.717) is 18.6 Å². The highest BCUT2D eigenvalue weighted by Gasteiger charge is 2.50. The summed E-state index contributed by atoms with van der Waals surface area (Å²) in [6.45, 7) is 3.14. The summed E-state index contributed by atoms with van der Waals surface area (Å²) < 4.78 is 125. The second kappa shape index (κ2) is 35.7. The number of phosphoric acid groups is 3. The van der Waals surface area contributed by atoms with Crippen molar-refractivity contribution in [3.63, 3.8) is 0 Å². The molecule has 10 N–H and O–H groups in total. The Bertz CT molecular complexity index is 3360. The third-order valence-electron chi connectivity index (χ3n) is 14.5. The molecular weight excluding hydrogens is 1300 g/mol. The number of fused-ring (bicyclic) bond motifs is 1. The Hall–Kier alpha value is -3.98. The Morgan fingerprint density at radius 3 is 1.40 bits per heavy atom. The van der Waals surface area contributed by atoms with Crippen LogP contribution in [0.15, 0.2) is 92.4 Å². The van der Waals surface area contributed by atoms with E-state index >= 15 is 0 Å². The molecule has 4 aliphatic rings. The van der Waals surface area contributed by atoms with Crippen LogP contribution >= 0.6 is 31.2 Å². The smallest absolute Gasteiger partial charge is 0.391 e. The van der Waals surface area contributed by atoms with E-state index in [1.165, 1.54) is 59.9 Å². The van der Waals surface area contributed by atoms with Crippen molar-refractivity contribution in [3.05, 3.63) is 115 Å². The van der Waals surface area contributed by atoms with Crippen LogP contribution in [-0.2, 0) is 87.8 Å². The lowest BCUT2D eigenvalue weighted by Gasteiger charge is -2.28. The summed E-state index contributed by atoms with van der Waals surface area (Å²) in [5.74, 6) is -1.38. The summed E-state index contributed by atoms with van der Waals surface area (Å²) in [6, 6.07) is 13.3. The number of aromatic amines is 1. The third kappa shape index (κ3) is 21.5. The van der Waals surface area contributed by atoms with Gasteiger partial charge in [0, 0.05) is 117 Å². The second-order valence-electron chi connectivity index (χ2n) is 20.6. The van der Waals surface area contributed by atoms with Crippen molar-refractivity contribution >= 4 is 42.0 Å². The molecule has 0 bridgehead atoms. The van der Waals surface area contributed by atoms with E-state index in [4.69, 9.17) is 51.5 Å². The quantitative estimate of drug-likeness (QED) is 0.0351. The van der Waals surface area contributed by atoms with Gasteiger partial charge in [0.05, 0.1) is 65.0 Å². The molecule has 16 unspecified atom stereocenters. The normalized spacial score (nSPS) is 28.7. The first kappa shape index (κ1) is 77.7. The summed E-state index contributed by atoms with van der Waals surface area (Å²) in [7, 11) is -6.71. The lowest BCUT2D eigenvalue weighted by molar-refractivity contribution is -0.0818. The maximum Gasteiger partial charge on any atom is 0.472 e. The molecule has 91 heavy (non-hydrogen) atoms. The average molecular weight is 1380 g/mol. The molecule has 0 spiro atoms. The number of pyridine rings is 2. The van der Waals surface area contributed by atoms with Gasteiger partial charge in [-0.25, -0.2) is 28.1 Å². The van der Waals surface area contributed by atoms with Crippen molar-refractivity contribution in [3.8, 4) is 0 Å². The molecule has 0 saturated carbocycles. The van der Waals surface area contributed by atoms with E-state index in [1.54, 1.807) is 30.3 Å². The van der Waals surface area contributed by atoms with Crippen molar-refractivity contribution < 1.29 is 128 Å². The zero-order valence-electron chi connectivity index (χ0n) is 50.9. The average Bonchev–Trinajstić information content (AvgIpc) is 1.81. The van der Waals surface area contributed by atoms with Crippen LogP contribution in [0.5, 0.6) is 0 Å². The first-order valence-electron chi connectivity index (χ1n) is 27.6. The van der Waals surface area contributed by atoms with Gasteiger partial charge in [-0.05, 0) is 30.5 Å². The van der Waals surface area contributed by atoms with Gasteiger partial charge in [-0.2, -0.15) is 0 Å². The molecule has 8 rings (SSSR count). The summed E-state index contributed by atoms with van der Waals surface area (Å²) in [5, 5.41) is 44.8. The number of nitrogens with zero attached hydrogens (tertiary/aromatic N) is 3. The zero-order chi connectivity index (χ0) is 67.6. The van der Waals surface area contributed by atoms with Crippen LogP contribution in [0, 0.1) is 23.7 Å². The van der Waals surface area contributed by atoms with Gasteiger partial charge in [-0.3, -0.25) is 60.2 Å². The number of methoxy groups -OCH3 is 4. The fourth-order valence-electron chi connectivity index (χ4n) is 10.1. The first-order valence-corrected chi connectivity index (χ1v) is 33.6. The van der Waals surface area contributed by atoms with Gasteiger partial charge in [0.2, 0.25) is 0 Å². The van der Waals surface area contributed by atoms with Gasteiger partial charge in [0.25, 0.3) is 16.7 Å². The standard InChI is InChI=1S/C17H22NO8P.C13H20NO8P.C12H20N3O8P.C9H19O7P/c1-23-9-12-10-25-15(14(12)26-27(21,22)24-2)17(20)18-8-7-11-5-3-4-6-13(11)16(18)19;1-19-7-9-8-21-12(11(9)22-23(17,18)20-2)13(16)14-6-4-3-5-10(14)15;1-21-5-7-6-23-10(9(7)14-24(19,20)22-2)11(17)15-4-3-8(16)13-12(15)18;1-6(10)8-9(16-17(11,12)14-3)7(4-13-2)5-15-8/h3-8,12,14-15,17,20H,9-10H2,1-2H3,(H,21,22);3-6,9,11-13,16H,7-8H2,1-2H3,(H,17,18);3-4,7,9-11,17H,5-6H2,1-2H3,(H,13,16,18)(H2,14,19,20);6-10H,4-5H2,1-3H3,(H,11,12)/t12?,14-,15?,17?;9?,11-,12?,13?;7?,9-,10?,11?;6?,7?,8?,9-/m0000/s1. The predicted octanol–water partition coefficient (Wildman–Crippen LogP) is -0.0271. The number of hydrogen-bond donors (Lipinski definition) is 10. The molecule has 1 aromatic carbocycles. The number of aromatic nitrogens is 4. The second-order valence-corrected chi connectivity index (χ2v) is 26.8. The highest BCUT2D eigenvalue weighted by Crippen LogP contribution is 2.50. The zero-order valence-corrected chi connectivity index (χ0v) is 54.5. The van der Waals surface area contributed by atoms with Crippen LogP contribution in [-0.4, -0.2) is 223 Å². The molecule has 0 amide bonds. The Labute approximate surface area is 520 Å². The number of nitrogens with one attached hydrogen (secondary N) is 2. The summed E-state index contributed by atoms with van der Waals surface area (Å²) in [6.07, 6.45) is -7.64. The van der Waals surface area contributed by atoms with Gasteiger partial charge in [0.15, 0.2) is 18.7 Å². The Kier molecular flexibility index (Phi) is 30.5. The maximum absolute atomic E-state index is 12.7. The summed E-state index contributed by atoms with van der Waals surface area (Å²) in [4.78, 5) is 87.7. The van der Waals surface area contributed by atoms with E-state index in [-0.39, 0.29) is 51.5 Å². The maximum atomic E-state index is 12.7. The van der Waals surface area contributed by atoms with Gasteiger partial charge in [-0.15, -0.1) is 0 Å². The lowest BCUT2D eigenvalue weighted by Crippen LogP contribution is -2.47. The SMILES string of the molecule is COCC1COC(C(C)O)[C@H]1OP(=O)(O)OC.COCC1COC(C(O)n2ccc(=O)[nH]c2=O)[C@H]1NP(=O)(O)OC.COCC1COC(C(O)n2ccc3ccccc3c2=O)[C@H]1OP(=O)(O)OC.COCC1COC(C(O)n2ccccc2=O)[C@H]1OP(=O)(O)OC. The molecule has 0 radical (unpaired) electrons. The van der Waals surface area contributed by atoms with E-state index in [2.05, 4.69) is 23.2 Å². The molecule has 40 heteroatoms. The fraction of sp³-hybridized carbons (Fsp3) is 0.647. The van der Waals surface area contributed by atoms with Gasteiger partial charge >= 0.3 is 36.9 Å². The first-order chi connectivity index (χ1) is 43.0. The molecule has 516 valence electrons. The minimum Gasteiger partial charge on any atom is -0.391 e. The largest absolute Gasteiger partial charge is 0.472 e. The molecule has 4 aliphatic heterocycles. The van der Waals surface area contributed by atoms with Crippen molar-refractivity contribution in [2.75, 3.05) is 110 Å². The number of H-pyrrole nitrogens is 1. The van der Waals surface area contributed by atoms with Crippen LogP contribution in [0.25, 0.3) is 10.8 Å². The molecule has 36 nitrogen and oxygen atoms in total. The Morgan fingerprint density at radius 1 is 0.516 bits per heavy atom. The van der Waals surface area contributed by atoms with E-state index in [0.717, 1.165) is 59.8 Å². The number of aliphatic hydroxyl groups is 4. The van der Waals surface area contributed by atoms with E-state index in [9.17, 15) is 77.4 Å². The number of hydrogen-bond acceptors (Lipinski definition) is 27. The molecule has 0 aliphatic carbocycles. The summed E-state index contributed by atoms with van der Waals surface area (Å²) in [5.41, 5.74) is -2.28. The number of benzene rings is 1. The number of aliphatic hydroxyl groups excluding tert-OH is 4. The van der Waals surface area contributed by atoms with Crippen LogP contribution in [0.1, 0.15) is 25.6 Å². The third-order valence-corrected chi connectivity index (χ3v) is 18.6. The Balaban J connectivity index is 0.000000223. The van der Waals surface area contributed by atoms with Crippen LogP contribution in [0.3, 0.4) is 0 Å². The predicted molar refractivity (Wildman–Crippen MR) is 315 cm³/mol.